The molecule has 1 aliphatic heterocycles. The van der Waals surface area contributed by atoms with Crippen LogP contribution in [0, 0.1) is 5.92 Å². The molecular weight excluding hydrogens is 138 g/mol. The van der Waals surface area contributed by atoms with Crippen molar-refractivity contribution in [1.82, 2.24) is 0 Å². The summed E-state index contributed by atoms with van der Waals surface area (Å²) in [5.74, 6) is 0.517. The minimum Gasteiger partial charge on any atom is -0.501 e. The lowest BCUT2D eigenvalue weighted by atomic mass is 9.94. The molecule has 0 radical (unpaired) electrons. The Labute approximate surface area is 68.4 Å². The molecule has 0 spiro atoms. The highest BCUT2D eigenvalue weighted by Gasteiger charge is 2.15. The third-order valence-corrected chi connectivity index (χ3v) is 2.11. The van der Waals surface area contributed by atoms with Crippen molar-refractivity contribution < 1.29 is 4.74 Å². The van der Waals surface area contributed by atoms with Gasteiger partial charge in [-0.15, -0.1) is 0 Å². The van der Waals surface area contributed by atoms with E-state index >= 15 is 0 Å². The molecule has 0 fully saturated rings. The molecule has 11 heavy (non-hydrogen) atoms. The molecule has 0 amide bonds. The molecule has 1 unspecified atom stereocenters. The first-order valence-electron chi connectivity index (χ1n) is 4.28. The molecule has 1 atom stereocenters. The minimum absolute atomic E-state index is 0.190. The van der Waals surface area contributed by atoms with Crippen molar-refractivity contribution in [3.05, 3.63) is 11.8 Å². The molecule has 2 N–H and O–H groups in total. The molecule has 1 rings (SSSR count). The number of rotatable bonds is 2. The first-order chi connectivity index (χ1) is 5.22. The third kappa shape index (κ3) is 2.22. The van der Waals surface area contributed by atoms with Gasteiger partial charge in [-0.25, -0.2) is 0 Å². The third-order valence-electron chi connectivity index (χ3n) is 2.11. The summed E-state index contributed by atoms with van der Waals surface area (Å²) in [6.07, 6.45) is 4.07. The second kappa shape index (κ2) is 3.77. The molecule has 0 saturated carbocycles. The van der Waals surface area contributed by atoms with E-state index in [1.807, 2.05) is 6.26 Å². The van der Waals surface area contributed by atoms with E-state index in [1.54, 1.807) is 0 Å². The van der Waals surface area contributed by atoms with Crippen molar-refractivity contribution in [2.24, 2.45) is 11.7 Å². The molecule has 0 aromatic rings. The lowest BCUT2D eigenvalue weighted by Gasteiger charge is -2.22. The zero-order chi connectivity index (χ0) is 8.27. The summed E-state index contributed by atoms with van der Waals surface area (Å²) in [7, 11) is 0. The van der Waals surface area contributed by atoms with Crippen molar-refractivity contribution in [2.45, 2.75) is 32.7 Å². The average Bonchev–Trinajstić information content (AvgIpc) is 2.05. The van der Waals surface area contributed by atoms with Crippen LogP contribution < -0.4 is 5.73 Å². The lowest BCUT2D eigenvalue weighted by molar-refractivity contribution is 0.219. The van der Waals surface area contributed by atoms with Crippen molar-refractivity contribution in [3.63, 3.8) is 0 Å². The Morgan fingerprint density at radius 2 is 2.27 bits per heavy atom. The summed E-state index contributed by atoms with van der Waals surface area (Å²) in [6, 6.07) is 0.190. The molecule has 1 heterocycles. The van der Waals surface area contributed by atoms with Gasteiger partial charge in [-0.3, -0.25) is 0 Å². The molecule has 0 aliphatic carbocycles. The van der Waals surface area contributed by atoms with Crippen LogP contribution in [-0.4, -0.2) is 12.6 Å². The SMILES string of the molecule is CC(C)C(N)C1=COCCC1. The molecular formula is C9H17NO. The second-order valence-electron chi connectivity index (χ2n) is 3.44. The van der Waals surface area contributed by atoms with Crippen LogP contribution in [0.2, 0.25) is 0 Å². The summed E-state index contributed by atoms with van der Waals surface area (Å²) in [5.41, 5.74) is 7.21. The molecule has 2 nitrogen and oxygen atoms in total. The highest BCUT2D eigenvalue weighted by molar-refractivity contribution is 5.09. The molecule has 2 heteroatoms. The van der Waals surface area contributed by atoms with Crippen LogP contribution in [0.25, 0.3) is 0 Å². The molecule has 0 saturated heterocycles. The summed E-state index contributed by atoms with van der Waals surface area (Å²) >= 11 is 0. The monoisotopic (exact) mass is 155 g/mol. The maximum atomic E-state index is 5.94. The predicted molar refractivity (Wildman–Crippen MR) is 46.1 cm³/mol. The molecule has 64 valence electrons. The maximum Gasteiger partial charge on any atom is 0.0876 e. The lowest BCUT2D eigenvalue weighted by Crippen LogP contribution is -2.30. The normalized spacial score (nSPS) is 20.9. The van der Waals surface area contributed by atoms with Gasteiger partial charge in [-0.2, -0.15) is 0 Å². The number of hydrogen-bond acceptors (Lipinski definition) is 2. The number of nitrogens with two attached hydrogens (primary N) is 1. The predicted octanol–water partition coefficient (Wildman–Crippen LogP) is 1.66. The number of ether oxygens (including phenoxy) is 1. The Hall–Kier alpha value is -0.500. The van der Waals surface area contributed by atoms with E-state index < -0.39 is 0 Å². The zero-order valence-electron chi connectivity index (χ0n) is 7.34. The van der Waals surface area contributed by atoms with E-state index in [1.165, 1.54) is 5.57 Å². The Morgan fingerprint density at radius 3 is 2.73 bits per heavy atom. The smallest absolute Gasteiger partial charge is 0.0876 e. The van der Waals surface area contributed by atoms with E-state index in [9.17, 15) is 0 Å². The summed E-state index contributed by atoms with van der Waals surface area (Å²) in [4.78, 5) is 0. The first-order valence-corrected chi connectivity index (χ1v) is 4.28. The standard InChI is InChI=1S/C9H17NO/c1-7(2)9(10)8-4-3-5-11-6-8/h6-7,9H,3-5,10H2,1-2H3. The van der Waals surface area contributed by atoms with E-state index in [0.29, 0.717) is 5.92 Å². The fourth-order valence-corrected chi connectivity index (χ4v) is 1.26. The quantitative estimate of drug-likeness (QED) is 0.658. The van der Waals surface area contributed by atoms with Crippen LogP contribution in [0.5, 0.6) is 0 Å². The Bertz CT molecular complexity index is 152. The molecule has 0 bridgehead atoms. The Balaban J connectivity index is 2.51. The Morgan fingerprint density at radius 1 is 1.55 bits per heavy atom. The van der Waals surface area contributed by atoms with Crippen molar-refractivity contribution >= 4 is 0 Å². The van der Waals surface area contributed by atoms with E-state index in [2.05, 4.69) is 13.8 Å². The van der Waals surface area contributed by atoms with Gasteiger partial charge in [0.05, 0.1) is 12.9 Å². The van der Waals surface area contributed by atoms with Gasteiger partial charge in [0.25, 0.3) is 0 Å². The van der Waals surface area contributed by atoms with Crippen molar-refractivity contribution in [2.75, 3.05) is 6.61 Å². The highest BCUT2D eigenvalue weighted by Crippen LogP contribution is 2.18. The average molecular weight is 155 g/mol. The second-order valence-corrected chi connectivity index (χ2v) is 3.44. The summed E-state index contributed by atoms with van der Waals surface area (Å²) in [5, 5.41) is 0. The van der Waals surface area contributed by atoms with Crippen LogP contribution >= 0.6 is 0 Å². The number of hydrogen-bond donors (Lipinski definition) is 1. The molecule has 0 aromatic heterocycles. The van der Waals surface area contributed by atoms with Crippen molar-refractivity contribution in [3.8, 4) is 0 Å². The Kier molecular flexibility index (Phi) is 2.94. The summed E-state index contributed by atoms with van der Waals surface area (Å²) in [6.45, 7) is 5.13. The van der Waals surface area contributed by atoms with Crippen LogP contribution in [-0.2, 0) is 4.74 Å². The van der Waals surface area contributed by atoms with Crippen molar-refractivity contribution in [1.29, 1.82) is 0 Å². The van der Waals surface area contributed by atoms with Gasteiger partial charge in [-0.05, 0) is 24.3 Å². The molecule has 0 aromatic carbocycles. The van der Waals surface area contributed by atoms with Gasteiger partial charge in [0.2, 0.25) is 0 Å². The van der Waals surface area contributed by atoms with Crippen LogP contribution in [0.4, 0.5) is 0 Å². The zero-order valence-corrected chi connectivity index (χ0v) is 7.34. The minimum atomic E-state index is 0.190. The first kappa shape index (κ1) is 8.60. The van der Waals surface area contributed by atoms with Gasteiger partial charge in [0, 0.05) is 6.04 Å². The van der Waals surface area contributed by atoms with Gasteiger partial charge < -0.3 is 10.5 Å². The van der Waals surface area contributed by atoms with E-state index in [0.717, 1.165) is 19.4 Å². The fraction of sp³-hybridized carbons (Fsp3) is 0.778. The van der Waals surface area contributed by atoms with Gasteiger partial charge in [0.1, 0.15) is 0 Å². The van der Waals surface area contributed by atoms with Crippen LogP contribution in [0.3, 0.4) is 0 Å². The van der Waals surface area contributed by atoms with E-state index in [-0.39, 0.29) is 6.04 Å². The molecule has 1 aliphatic rings. The highest BCUT2D eigenvalue weighted by atomic mass is 16.5. The fourth-order valence-electron chi connectivity index (χ4n) is 1.26. The largest absolute Gasteiger partial charge is 0.501 e. The maximum absolute atomic E-state index is 5.94. The van der Waals surface area contributed by atoms with E-state index in [4.69, 9.17) is 10.5 Å². The van der Waals surface area contributed by atoms with Crippen LogP contribution in [0.15, 0.2) is 11.8 Å². The van der Waals surface area contributed by atoms with Gasteiger partial charge >= 0.3 is 0 Å². The van der Waals surface area contributed by atoms with Gasteiger partial charge in [-0.1, -0.05) is 13.8 Å². The summed E-state index contributed by atoms with van der Waals surface area (Å²) < 4.78 is 5.21. The van der Waals surface area contributed by atoms with Crippen LogP contribution in [0.1, 0.15) is 26.7 Å². The topological polar surface area (TPSA) is 35.2 Å². The van der Waals surface area contributed by atoms with Gasteiger partial charge in [0.15, 0.2) is 0 Å².